The Morgan fingerprint density at radius 3 is 2.56 bits per heavy atom. The summed E-state index contributed by atoms with van der Waals surface area (Å²) in [4.78, 5) is 5.09. The first-order chi connectivity index (χ1) is 13.4. The molecule has 0 bridgehead atoms. The van der Waals surface area contributed by atoms with Crippen LogP contribution in [0.15, 0.2) is 60.7 Å². The number of piperazine rings is 1. The average molecular weight is 357 g/mol. The van der Waals surface area contributed by atoms with Crippen molar-refractivity contribution >= 4 is 27.5 Å². The fraction of sp³-hybridized carbons (Fsp3) is 0.273. The third-order valence-corrected chi connectivity index (χ3v) is 5.58. The number of nitrogens with zero attached hydrogens (tertiary/aromatic N) is 4. The van der Waals surface area contributed by atoms with Gasteiger partial charge in [0, 0.05) is 43.8 Å². The molecule has 1 saturated heterocycles. The lowest BCUT2D eigenvalue weighted by molar-refractivity contribution is 0.261. The predicted octanol–water partition coefficient (Wildman–Crippen LogP) is 3.48. The monoisotopic (exact) mass is 357 g/mol. The van der Waals surface area contributed by atoms with Crippen molar-refractivity contribution in [2.75, 3.05) is 37.6 Å². The number of anilines is 1. The summed E-state index contributed by atoms with van der Waals surface area (Å²) in [6.07, 6.45) is 1.05. The predicted molar refractivity (Wildman–Crippen MR) is 110 cm³/mol. The van der Waals surface area contributed by atoms with Crippen LogP contribution in [0, 0.1) is 0 Å². The second-order valence-corrected chi connectivity index (χ2v) is 7.22. The van der Waals surface area contributed by atoms with E-state index in [9.17, 15) is 0 Å². The van der Waals surface area contributed by atoms with Crippen LogP contribution in [-0.2, 0) is 6.42 Å². The van der Waals surface area contributed by atoms with Crippen LogP contribution < -0.4 is 4.90 Å². The van der Waals surface area contributed by atoms with E-state index in [0.29, 0.717) is 0 Å². The molecule has 1 fully saturated rings. The van der Waals surface area contributed by atoms with Crippen LogP contribution in [0.3, 0.4) is 0 Å². The SMILES string of the molecule is c1ccc2c(N3CCN(CCc4ccc5n[nH]nc5c4)CC3)cccc2c1. The fourth-order valence-electron chi connectivity index (χ4n) is 4.03. The second kappa shape index (κ2) is 7.00. The van der Waals surface area contributed by atoms with E-state index in [-0.39, 0.29) is 0 Å². The topological polar surface area (TPSA) is 48.0 Å². The molecule has 27 heavy (non-hydrogen) atoms. The van der Waals surface area contributed by atoms with Crippen molar-refractivity contribution in [1.82, 2.24) is 20.3 Å². The average Bonchev–Trinajstić information content (AvgIpc) is 3.20. The Bertz CT molecular complexity index is 1060. The van der Waals surface area contributed by atoms with Crippen molar-refractivity contribution in [3.05, 3.63) is 66.2 Å². The molecule has 0 aliphatic carbocycles. The number of rotatable bonds is 4. The molecule has 0 radical (unpaired) electrons. The van der Waals surface area contributed by atoms with Crippen LogP contribution in [0.25, 0.3) is 21.8 Å². The summed E-state index contributed by atoms with van der Waals surface area (Å²) < 4.78 is 0. The van der Waals surface area contributed by atoms with Crippen LogP contribution in [0.2, 0.25) is 0 Å². The van der Waals surface area contributed by atoms with Gasteiger partial charge in [0.05, 0.1) is 0 Å². The second-order valence-electron chi connectivity index (χ2n) is 7.22. The van der Waals surface area contributed by atoms with Crippen LogP contribution in [0.1, 0.15) is 5.56 Å². The molecule has 1 aromatic heterocycles. The van der Waals surface area contributed by atoms with Crippen LogP contribution in [0.5, 0.6) is 0 Å². The van der Waals surface area contributed by atoms with Gasteiger partial charge >= 0.3 is 0 Å². The van der Waals surface area contributed by atoms with Crippen molar-refractivity contribution < 1.29 is 0 Å². The number of hydrogen-bond acceptors (Lipinski definition) is 4. The van der Waals surface area contributed by atoms with Crippen molar-refractivity contribution in [2.24, 2.45) is 0 Å². The Hall–Kier alpha value is -2.92. The zero-order valence-corrected chi connectivity index (χ0v) is 15.3. The van der Waals surface area contributed by atoms with Gasteiger partial charge in [-0.25, -0.2) is 0 Å². The molecule has 5 heteroatoms. The molecule has 0 amide bonds. The first kappa shape index (κ1) is 16.3. The van der Waals surface area contributed by atoms with Gasteiger partial charge in [-0.1, -0.05) is 42.5 Å². The van der Waals surface area contributed by atoms with Gasteiger partial charge in [-0.05, 0) is 35.6 Å². The summed E-state index contributed by atoms with van der Waals surface area (Å²) in [6.45, 7) is 5.46. The molecule has 5 nitrogen and oxygen atoms in total. The Morgan fingerprint density at radius 2 is 1.63 bits per heavy atom. The molecule has 0 unspecified atom stereocenters. The maximum atomic E-state index is 4.19. The van der Waals surface area contributed by atoms with Crippen molar-refractivity contribution in [3.8, 4) is 0 Å². The lowest BCUT2D eigenvalue weighted by atomic mass is 10.1. The summed E-state index contributed by atoms with van der Waals surface area (Å²) >= 11 is 0. The lowest BCUT2D eigenvalue weighted by Gasteiger charge is -2.36. The molecule has 5 rings (SSSR count). The van der Waals surface area contributed by atoms with E-state index in [1.165, 1.54) is 22.0 Å². The number of nitrogens with one attached hydrogen (secondary N) is 1. The minimum absolute atomic E-state index is 0.933. The zero-order chi connectivity index (χ0) is 18.1. The maximum Gasteiger partial charge on any atom is 0.113 e. The van der Waals surface area contributed by atoms with E-state index < -0.39 is 0 Å². The Morgan fingerprint density at radius 1 is 0.815 bits per heavy atom. The normalized spacial score (nSPS) is 15.6. The van der Waals surface area contributed by atoms with E-state index in [0.717, 1.165) is 50.2 Å². The quantitative estimate of drug-likeness (QED) is 0.607. The fourth-order valence-corrected chi connectivity index (χ4v) is 4.03. The highest BCUT2D eigenvalue weighted by atomic mass is 15.3. The van der Waals surface area contributed by atoms with Gasteiger partial charge in [0.25, 0.3) is 0 Å². The molecule has 0 saturated carbocycles. The molecule has 2 heterocycles. The molecule has 3 aromatic carbocycles. The highest BCUT2D eigenvalue weighted by molar-refractivity contribution is 5.94. The van der Waals surface area contributed by atoms with Crippen LogP contribution >= 0.6 is 0 Å². The van der Waals surface area contributed by atoms with Crippen LogP contribution in [0.4, 0.5) is 5.69 Å². The molecule has 136 valence electrons. The Labute approximate surface area is 158 Å². The minimum atomic E-state index is 0.933. The van der Waals surface area contributed by atoms with E-state index in [4.69, 9.17) is 0 Å². The summed E-state index contributed by atoms with van der Waals surface area (Å²) in [5.41, 5.74) is 4.58. The van der Waals surface area contributed by atoms with Gasteiger partial charge in [-0.3, -0.25) is 4.90 Å². The minimum Gasteiger partial charge on any atom is -0.368 e. The number of aromatic nitrogens is 3. The van der Waals surface area contributed by atoms with Gasteiger partial charge in [0.2, 0.25) is 0 Å². The van der Waals surface area contributed by atoms with Crippen molar-refractivity contribution in [2.45, 2.75) is 6.42 Å². The summed E-state index contributed by atoms with van der Waals surface area (Å²) in [6, 6.07) is 21.6. The highest BCUT2D eigenvalue weighted by Gasteiger charge is 2.18. The summed E-state index contributed by atoms with van der Waals surface area (Å²) in [5.74, 6) is 0. The van der Waals surface area contributed by atoms with Crippen molar-refractivity contribution in [1.29, 1.82) is 0 Å². The number of hydrogen-bond donors (Lipinski definition) is 1. The first-order valence-corrected chi connectivity index (χ1v) is 9.61. The van der Waals surface area contributed by atoms with Gasteiger partial charge in [-0.15, -0.1) is 0 Å². The Balaban J connectivity index is 1.22. The van der Waals surface area contributed by atoms with E-state index in [1.54, 1.807) is 0 Å². The van der Waals surface area contributed by atoms with Gasteiger partial charge in [-0.2, -0.15) is 15.4 Å². The maximum absolute atomic E-state index is 4.19. The Kier molecular flexibility index (Phi) is 4.22. The third-order valence-electron chi connectivity index (χ3n) is 5.58. The largest absolute Gasteiger partial charge is 0.368 e. The summed E-state index contributed by atoms with van der Waals surface area (Å²) in [7, 11) is 0. The number of H-pyrrole nitrogens is 1. The van der Waals surface area contributed by atoms with Gasteiger partial charge in [0.15, 0.2) is 0 Å². The molecular formula is C22H23N5. The standard InChI is InChI=1S/C22H23N5/c1-2-6-19-18(4-1)5-3-7-22(19)27-14-12-26(13-15-27)11-10-17-8-9-20-21(16-17)24-25-23-20/h1-9,16H,10-15H2,(H,23,24,25). The number of benzene rings is 3. The van der Waals surface area contributed by atoms with E-state index >= 15 is 0 Å². The molecule has 1 aliphatic rings. The van der Waals surface area contributed by atoms with Gasteiger partial charge in [0.1, 0.15) is 11.0 Å². The number of fused-ring (bicyclic) bond motifs is 2. The first-order valence-electron chi connectivity index (χ1n) is 9.61. The molecular weight excluding hydrogens is 334 g/mol. The smallest absolute Gasteiger partial charge is 0.113 e. The van der Waals surface area contributed by atoms with Crippen LogP contribution in [-0.4, -0.2) is 53.0 Å². The molecule has 0 atom stereocenters. The van der Waals surface area contributed by atoms with Crippen molar-refractivity contribution in [3.63, 3.8) is 0 Å². The molecule has 1 aliphatic heterocycles. The third kappa shape index (κ3) is 3.26. The summed E-state index contributed by atoms with van der Waals surface area (Å²) in [5, 5.41) is 13.7. The highest BCUT2D eigenvalue weighted by Crippen LogP contribution is 2.27. The van der Waals surface area contributed by atoms with E-state index in [2.05, 4.69) is 79.8 Å². The zero-order valence-electron chi connectivity index (χ0n) is 15.3. The van der Waals surface area contributed by atoms with Gasteiger partial charge < -0.3 is 4.90 Å². The molecule has 1 N–H and O–H groups in total. The number of aromatic amines is 1. The molecule has 0 spiro atoms. The molecule has 4 aromatic rings. The van der Waals surface area contributed by atoms with E-state index in [1.807, 2.05) is 6.07 Å². The lowest BCUT2D eigenvalue weighted by Crippen LogP contribution is -2.47.